The number of aromatic nitrogens is 1. The van der Waals surface area contributed by atoms with Gasteiger partial charge in [0.05, 0.1) is 22.7 Å². The lowest BCUT2D eigenvalue weighted by Gasteiger charge is -2.18. The van der Waals surface area contributed by atoms with E-state index in [1.165, 1.54) is 11.8 Å². The van der Waals surface area contributed by atoms with Gasteiger partial charge in [-0.25, -0.2) is 0 Å². The fraction of sp³-hybridized carbons (Fsp3) is 0.421. The Kier molecular flexibility index (Phi) is 5.98. The first-order valence-electron chi connectivity index (χ1n) is 8.74. The molecule has 1 fully saturated rings. The predicted molar refractivity (Wildman–Crippen MR) is 102 cm³/mol. The topological polar surface area (TPSA) is 75.4 Å². The number of anilines is 1. The Morgan fingerprint density at radius 1 is 1.23 bits per heavy atom. The molecule has 0 spiro atoms. The minimum atomic E-state index is -0.122. The minimum absolute atomic E-state index is 0.0122. The largest absolute Gasteiger partial charge is 0.361 e. The van der Waals surface area contributed by atoms with Gasteiger partial charge >= 0.3 is 0 Å². The van der Waals surface area contributed by atoms with Crippen molar-refractivity contribution in [3.8, 4) is 0 Å². The number of carbonyl (C=O) groups is 2. The number of thioether (sulfide) groups is 1. The highest BCUT2D eigenvalue weighted by Gasteiger charge is 2.22. The Bertz CT molecular complexity index is 778. The van der Waals surface area contributed by atoms with E-state index in [1.54, 1.807) is 12.1 Å². The molecule has 1 aromatic carbocycles. The molecule has 2 heterocycles. The monoisotopic (exact) mass is 373 g/mol. The summed E-state index contributed by atoms with van der Waals surface area (Å²) in [6.07, 6.45) is 2.08. The lowest BCUT2D eigenvalue weighted by molar-refractivity contribution is -0.113. The summed E-state index contributed by atoms with van der Waals surface area (Å²) in [6.45, 7) is 5.34. The third-order valence-electron chi connectivity index (χ3n) is 4.49. The molecule has 0 radical (unpaired) electrons. The van der Waals surface area contributed by atoms with Crippen molar-refractivity contribution in [2.75, 3.05) is 24.2 Å². The quantitative estimate of drug-likeness (QED) is 0.840. The van der Waals surface area contributed by atoms with E-state index < -0.39 is 0 Å². The fourth-order valence-electron chi connectivity index (χ4n) is 3.01. The van der Waals surface area contributed by atoms with Crippen LogP contribution in [0.2, 0.25) is 0 Å². The standard InChI is InChI=1S/C19H23N3O3S/c1-13-16(14(2)25-21-13)11-26-12-18(23)20-17-8-4-3-7-15(17)19(24)22-9-5-6-10-22/h3-4,7-8H,5-6,9-12H2,1-2H3,(H,20,23). The third-order valence-corrected chi connectivity index (χ3v) is 5.44. The van der Waals surface area contributed by atoms with Gasteiger partial charge in [-0.3, -0.25) is 9.59 Å². The minimum Gasteiger partial charge on any atom is -0.361 e. The normalized spacial score (nSPS) is 13.8. The van der Waals surface area contributed by atoms with Crippen LogP contribution in [0, 0.1) is 13.8 Å². The van der Waals surface area contributed by atoms with Crippen LogP contribution in [0.1, 0.15) is 40.2 Å². The Morgan fingerprint density at radius 3 is 2.65 bits per heavy atom. The van der Waals surface area contributed by atoms with Gasteiger partial charge in [0.25, 0.3) is 5.91 Å². The molecule has 0 bridgehead atoms. The third kappa shape index (κ3) is 4.27. The van der Waals surface area contributed by atoms with Crippen LogP contribution in [-0.2, 0) is 10.5 Å². The molecule has 1 aliphatic heterocycles. The first-order chi connectivity index (χ1) is 12.6. The van der Waals surface area contributed by atoms with Crippen molar-refractivity contribution in [1.82, 2.24) is 10.1 Å². The zero-order chi connectivity index (χ0) is 18.5. The molecular formula is C19H23N3O3S. The molecule has 0 unspecified atom stereocenters. The average Bonchev–Trinajstić information content (AvgIpc) is 3.27. The number of likely N-dealkylation sites (tertiary alicyclic amines) is 1. The van der Waals surface area contributed by atoms with E-state index in [2.05, 4.69) is 10.5 Å². The molecule has 26 heavy (non-hydrogen) atoms. The average molecular weight is 373 g/mol. The molecule has 1 aliphatic rings. The molecule has 1 aromatic heterocycles. The van der Waals surface area contributed by atoms with Crippen molar-refractivity contribution < 1.29 is 14.1 Å². The van der Waals surface area contributed by atoms with Crippen LogP contribution < -0.4 is 5.32 Å². The van der Waals surface area contributed by atoms with Crippen LogP contribution in [0.5, 0.6) is 0 Å². The summed E-state index contributed by atoms with van der Waals surface area (Å²) in [5.74, 6) is 1.63. The van der Waals surface area contributed by atoms with Crippen molar-refractivity contribution in [1.29, 1.82) is 0 Å². The number of benzene rings is 1. The fourth-order valence-corrected chi connectivity index (χ4v) is 3.99. The number of aryl methyl sites for hydroxylation is 2. The summed E-state index contributed by atoms with van der Waals surface area (Å²) >= 11 is 1.50. The van der Waals surface area contributed by atoms with E-state index in [0.717, 1.165) is 42.9 Å². The van der Waals surface area contributed by atoms with E-state index in [9.17, 15) is 9.59 Å². The first kappa shape index (κ1) is 18.5. The van der Waals surface area contributed by atoms with Gasteiger partial charge in [0.15, 0.2) is 0 Å². The SMILES string of the molecule is Cc1noc(C)c1CSCC(=O)Nc1ccccc1C(=O)N1CCCC1. The summed E-state index contributed by atoms with van der Waals surface area (Å²) in [5, 5.41) is 6.80. The summed E-state index contributed by atoms with van der Waals surface area (Å²) in [4.78, 5) is 26.8. The smallest absolute Gasteiger partial charge is 0.255 e. The lowest BCUT2D eigenvalue weighted by atomic mass is 10.1. The van der Waals surface area contributed by atoms with Crippen LogP contribution in [0.25, 0.3) is 0 Å². The van der Waals surface area contributed by atoms with Crippen molar-refractivity contribution in [3.63, 3.8) is 0 Å². The first-order valence-corrected chi connectivity index (χ1v) is 9.89. The molecule has 0 atom stereocenters. The molecule has 7 heteroatoms. The molecule has 0 saturated carbocycles. The maximum absolute atomic E-state index is 12.6. The van der Waals surface area contributed by atoms with Gasteiger partial charge in [-0.2, -0.15) is 0 Å². The Hall–Kier alpha value is -2.28. The van der Waals surface area contributed by atoms with Gasteiger partial charge in [0, 0.05) is 24.4 Å². The Morgan fingerprint density at radius 2 is 1.96 bits per heavy atom. The van der Waals surface area contributed by atoms with Gasteiger partial charge in [0.2, 0.25) is 5.91 Å². The molecule has 2 aromatic rings. The summed E-state index contributed by atoms with van der Waals surface area (Å²) in [5.41, 5.74) is 3.02. The highest BCUT2D eigenvalue weighted by atomic mass is 32.2. The van der Waals surface area contributed by atoms with E-state index in [1.807, 2.05) is 30.9 Å². The number of nitrogens with one attached hydrogen (secondary N) is 1. The van der Waals surface area contributed by atoms with E-state index in [0.29, 0.717) is 22.8 Å². The van der Waals surface area contributed by atoms with Gasteiger partial charge in [-0.05, 0) is 38.8 Å². The second-order valence-electron chi connectivity index (χ2n) is 6.39. The van der Waals surface area contributed by atoms with Crippen LogP contribution >= 0.6 is 11.8 Å². The predicted octanol–water partition coefficient (Wildman–Crippen LogP) is 3.40. The number of nitrogens with zero attached hydrogens (tertiary/aromatic N) is 2. The van der Waals surface area contributed by atoms with Crippen LogP contribution in [0.3, 0.4) is 0 Å². The second-order valence-corrected chi connectivity index (χ2v) is 7.37. The van der Waals surface area contributed by atoms with Crippen molar-refractivity contribution in [2.45, 2.75) is 32.4 Å². The van der Waals surface area contributed by atoms with E-state index in [-0.39, 0.29) is 11.8 Å². The molecule has 1 N–H and O–H groups in total. The van der Waals surface area contributed by atoms with Crippen LogP contribution in [0.4, 0.5) is 5.69 Å². The summed E-state index contributed by atoms with van der Waals surface area (Å²) in [6, 6.07) is 7.20. The number of amides is 2. The zero-order valence-electron chi connectivity index (χ0n) is 15.1. The van der Waals surface area contributed by atoms with Gasteiger partial charge in [0.1, 0.15) is 5.76 Å². The van der Waals surface area contributed by atoms with Gasteiger partial charge < -0.3 is 14.7 Å². The van der Waals surface area contributed by atoms with E-state index >= 15 is 0 Å². The highest BCUT2D eigenvalue weighted by molar-refractivity contribution is 7.99. The van der Waals surface area contributed by atoms with Crippen molar-refractivity contribution >= 4 is 29.3 Å². The Balaban J connectivity index is 1.58. The maximum Gasteiger partial charge on any atom is 0.255 e. The number of rotatable bonds is 6. The highest BCUT2D eigenvalue weighted by Crippen LogP contribution is 2.22. The van der Waals surface area contributed by atoms with Gasteiger partial charge in [-0.1, -0.05) is 17.3 Å². The van der Waals surface area contributed by atoms with E-state index in [4.69, 9.17) is 4.52 Å². The Labute approximate surface area is 157 Å². The summed E-state index contributed by atoms with van der Waals surface area (Å²) < 4.78 is 5.13. The number of hydrogen-bond acceptors (Lipinski definition) is 5. The molecule has 2 amide bonds. The zero-order valence-corrected chi connectivity index (χ0v) is 15.9. The number of para-hydroxylation sites is 1. The molecule has 3 rings (SSSR count). The van der Waals surface area contributed by atoms with Crippen molar-refractivity contribution in [3.05, 3.63) is 46.8 Å². The molecule has 0 aliphatic carbocycles. The van der Waals surface area contributed by atoms with Crippen LogP contribution in [0.15, 0.2) is 28.8 Å². The lowest BCUT2D eigenvalue weighted by Crippen LogP contribution is -2.29. The maximum atomic E-state index is 12.6. The molecule has 138 valence electrons. The second kappa shape index (κ2) is 8.40. The summed E-state index contributed by atoms with van der Waals surface area (Å²) in [7, 11) is 0. The molecule has 6 nitrogen and oxygen atoms in total. The number of hydrogen-bond donors (Lipinski definition) is 1. The molecule has 1 saturated heterocycles. The molecular weight excluding hydrogens is 350 g/mol. The van der Waals surface area contributed by atoms with Gasteiger partial charge in [-0.15, -0.1) is 11.8 Å². The number of carbonyl (C=O) groups excluding carboxylic acids is 2. The van der Waals surface area contributed by atoms with Crippen LogP contribution in [-0.4, -0.2) is 40.7 Å². The van der Waals surface area contributed by atoms with Crippen molar-refractivity contribution in [2.24, 2.45) is 0 Å².